The van der Waals surface area contributed by atoms with Crippen LogP contribution in [0.4, 0.5) is 0 Å². The van der Waals surface area contributed by atoms with Crippen LogP contribution in [-0.4, -0.2) is 19.8 Å². The van der Waals surface area contributed by atoms with E-state index in [0.717, 1.165) is 32.1 Å². The normalized spacial score (nSPS) is 22.3. The second-order valence-electron chi connectivity index (χ2n) is 7.41. The van der Waals surface area contributed by atoms with Crippen LogP contribution in [-0.2, 0) is 4.74 Å². The molecule has 0 spiro atoms. The van der Waals surface area contributed by atoms with Crippen molar-refractivity contribution in [2.45, 2.75) is 66.2 Å². The van der Waals surface area contributed by atoms with E-state index in [0.29, 0.717) is 10.8 Å². The first-order valence-electron chi connectivity index (χ1n) is 7.67. The Bertz CT molecular complexity index is 225. The summed E-state index contributed by atoms with van der Waals surface area (Å²) in [7, 11) is 0. The first kappa shape index (κ1) is 16.0. The van der Waals surface area contributed by atoms with Crippen molar-refractivity contribution in [1.82, 2.24) is 0 Å². The van der Waals surface area contributed by atoms with Crippen molar-refractivity contribution in [2.75, 3.05) is 19.8 Å². The van der Waals surface area contributed by atoms with Crippen molar-refractivity contribution in [3.8, 4) is 0 Å². The molecule has 1 fully saturated rings. The standard InChI is InChI=1S/C16H33NO/c1-14(2)5-11-18-12-10-16(13-17)8-6-15(3,4)7-9-16/h14H,5-13,17H2,1-4H3. The van der Waals surface area contributed by atoms with Gasteiger partial charge in [-0.1, -0.05) is 27.7 Å². The molecule has 2 heteroatoms. The molecule has 0 unspecified atom stereocenters. The van der Waals surface area contributed by atoms with Gasteiger partial charge in [0.05, 0.1) is 0 Å². The highest BCUT2D eigenvalue weighted by molar-refractivity contribution is 4.89. The average molecular weight is 255 g/mol. The molecule has 0 bridgehead atoms. The zero-order valence-electron chi connectivity index (χ0n) is 12.9. The Balaban J connectivity index is 2.25. The zero-order valence-corrected chi connectivity index (χ0v) is 12.9. The molecule has 1 rings (SSSR count). The average Bonchev–Trinajstić information content (AvgIpc) is 2.31. The monoisotopic (exact) mass is 255 g/mol. The summed E-state index contributed by atoms with van der Waals surface area (Å²) >= 11 is 0. The Hall–Kier alpha value is -0.0800. The molecule has 0 heterocycles. The maximum absolute atomic E-state index is 6.03. The predicted molar refractivity (Wildman–Crippen MR) is 78.6 cm³/mol. The molecule has 0 aromatic rings. The molecule has 0 aliphatic heterocycles. The second-order valence-corrected chi connectivity index (χ2v) is 7.41. The third-order valence-corrected chi connectivity index (χ3v) is 4.71. The summed E-state index contributed by atoms with van der Waals surface area (Å²) in [5.41, 5.74) is 6.93. The van der Waals surface area contributed by atoms with Gasteiger partial charge >= 0.3 is 0 Å². The molecular weight excluding hydrogens is 222 g/mol. The van der Waals surface area contributed by atoms with Crippen LogP contribution in [0.25, 0.3) is 0 Å². The lowest BCUT2D eigenvalue weighted by atomic mass is 9.64. The maximum Gasteiger partial charge on any atom is 0.0471 e. The molecule has 1 aliphatic rings. The summed E-state index contributed by atoms with van der Waals surface area (Å²) in [4.78, 5) is 0. The van der Waals surface area contributed by atoms with Crippen molar-refractivity contribution >= 4 is 0 Å². The van der Waals surface area contributed by atoms with Gasteiger partial charge in [-0.2, -0.15) is 0 Å². The van der Waals surface area contributed by atoms with Gasteiger partial charge in [0, 0.05) is 13.2 Å². The van der Waals surface area contributed by atoms with Crippen LogP contribution >= 0.6 is 0 Å². The molecule has 1 aliphatic carbocycles. The molecule has 0 aromatic heterocycles. The van der Waals surface area contributed by atoms with Crippen LogP contribution < -0.4 is 5.73 Å². The molecule has 0 amide bonds. The second kappa shape index (κ2) is 6.91. The van der Waals surface area contributed by atoms with Crippen LogP contribution in [0.2, 0.25) is 0 Å². The quantitative estimate of drug-likeness (QED) is 0.698. The van der Waals surface area contributed by atoms with Gasteiger partial charge in [-0.25, -0.2) is 0 Å². The first-order chi connectivity index (χ1) is 8.39. The molecule has 0 radical (unpaired) electrons. The van der Waals surface area contributed by atoms with E-state index in [2.05, 4.69) is 27.7 Å². The van der Waals surface area contributed by atoms with E-state index in [4.69, 9.17) is 10.5 Å². The summed E-state index contributed by atoms with van der Waals surface area (Å²) in [6, 6.07) is 0. The van der Waals surface area contributed by atoms with Crippen molar-refractivity contribution in [1.29, 1.82) is 0 Å². The van der Waals surface area contributed by atoms with E-state index in [9.17, 15) is 0 Å². The Morgan fingerprint density at radius 2 is 1.67 bits per heavy atom. The summed E-state index contributed by atoms with van der Waals surface area (Å²) in [6.07, 6.45) is 7.51. The van der Waals surface area contributed by atoms with E-state index in [1.165, 1.54) is 32.1 Å². The summed E-state index contributed by atoms with van der Waals surface area (Å²) < 4.78 is 5.77. The Labute approximate surface area is 114 Å². The molecule has 108 valence electrons. The molecular formula is C16H33NO. The fourth-order valence-corrected chi connectivity index (χ4v) is 2.72. The predicted octanol–water partition coefficient (Wildman–Crippen LogP) is 3.98. The van der Waals surface area contributed by atoms with Gasteiger partial charge < -0.3 is 10.5 Å². The van der Waals surface area contributed by atoms with Crippen LogP contribution in [0.15, 0.2) is 0 Å². The largest absolute Gasteiger partial charge is 0.381 e. The number of hydrogen-bond donors (Lipinski definition) is 1. The Morgan fingerprint density at radius 1 is 1.06 bits per heavy atom. The highest BCUT2D eigenvalue weighted by Crippen LogP contribution is 2.46. The minimum atomic E-state index is 0.368. The molecule has 0 aromatic carbocycles. The number of ether oxygens (including phenoxy) is 1. The van der Waals surface area contributed by atoms with Gasteiger partial charge in [0.15, 0.2) is 0 Å². The SMILES string of the molecule is CC(C)CCOCCC1(CN)CCC(C)(C)CC1. The lowest BCUT2D eigenvalue weighted by Crippen LogP contribution is -2.38. The molecule has 0 saturated heterocycles. The fraction of sp³-hybridized carbons (Fsp3) is 1.00. The minimum absolute atomic E-state index is 0.368. The van der Waals surface area contributed by atoms with Crippen molar-refractivity contribution < 1.29 is 4.74 Å². The van der Waals surface area contributed by atoms with E-state index in [-0.39, 0.29) is 0 Å². The van der Waals surface area contributed by atoms with Crippen molar-refractivity contribution in [2.24, 2.45) is 22.5 Å². The van der Waals surface area contributed by atoms with E-state index < -0.39 is 0 Å². The first-order valence-corrected chi connectivity index (χ1v) is 7.67. The van der Waals surface area contributed by atoms with E-state index >= 15 is 0 Å². The number of nitrogens with two attached hydrogens (primary N) is 1. The minimum Gasteiger partial charge on any atom is -0.381 e. The summed E-state index contributed by atoms with van der Waals surface area (Å²) in [6.45, 7) is 11.9. The maximum atomic E-state index is 6.03. The van der Waals surface area contributed by atoms with Gasteiger partial charge in [-0.3, -0.25) is 0 Å². The smallest absolute Gasteiger partial charge is 0.0471 e. The molecule has 0 atom stereocenters. The van der Waals surface area contributed by atoms with Gasteiger partial charge in [0.2, 0.25) is 0 Å². The Kier molecular flexibility index (Phi) is 6.13. The van der Waals surface area contributed by atoms with Gasteiger partial charge in [0.1, 0.15) is 0 Å². The van der Waals surface area contributed by atoms with Crippen molar-refractivity contribution in [3.05, 3.63) is 0 Å². The fourth-order valence-electron chi connectivity index (χ4n) is 2.72. The lowest BCUT2D eigenvalue weighted by molar-refractivity contribution is 0.0476. The van der Waals surface area contributed by atoms with Crippen molar-refractivity contribution in [3.63, 3.8) is 0 Å². The number of rotatable bonds is 7. The Morgan fingerprint density at radius 3 is 2.17 bits per heavy atom. The van der Waals surface area contributed by atoms with Crippen LogP contribution in [0.3, 0.4) is 0 Å². The van der Waals surface area contributed by atoms with Gasteiger partial charge in [-0.05, 0) is 61.8 Å². The van der Waals surface area contributed by atoms with E-state index in [1.54, 1.807) is 0 Å². The lowest BCUT2D eigenvalue weighted by Gasteiger charge is -2.43. The van der Waals surface area contributed by atoms with E-state index in [1.807, 2.05) is 0 Å². The van der Waals surface area contributed by atoms with Gasteiger partial charge in [0.25, 0.3) is 0 Å². The third-order valence-electron chi connectivity index (χ3n) is 4.71. The summed E-state index contributed by atoms with van der Waals surface area (Å²) in [5.74, 6) is 0.740. The molecule has 1 saturated carbocycles. The highest BCUT2D eigenvalue weighted by atomic mass is 16.5. The van der Waals surface area contributed by atoms with Crippen LogP contribution in [0.5, 0.6) is 0 Å². The number of hydrogen-bond acceptors (Lipinski definition) is 2. The molecule has 2 nitrogen and oxygen atoms in total. The molecule has 18 heavy (non-hydrogen) atoms. The third kappa shape index (κ3) is 5.27. The highest BCUT2D eigenvalue weighted by Gasteiger charge is 2.36. The summed E-state index contributed by atoms with van der Waals surface area (Å²) in [5, 5.41) is 0. The topological polar surface area (TPSA) is 35.2 Å². The van der Waals surface area contributed by atoms with Gasteiger partial charge in [-0.15, -0.1) is 0 Å². The molecule has 2 N–H and O–H groups in total. The zero-order chi connectivity index (χ0) is 13.6. The van der Waals surface area contributed by atoms with Crippen LogP contribution in [0.1, 0.15) is 66.2 Å². The van der Waals surface area contributed by atoms with Crippen LogP contribution in [0, 0.1) is 16.7 Å².